The Balaban J connectivity index is 1.12. The topological polar surface area (TPSA) is 103 Å². The Hall–Kier alpha value is -3.34. The first-order valence-electron chi connectivity index (χ1n) is 12.4. The van der Waals surface area contributed by atoms with E-state index in [0.717, 1.165) is 49.8 Å². The number of rotatable bonds is 7. The average molecular weight is 528 g/mol. The van der Waals surface area contributed by atoms with Crippen LogP contribution in [0.4, 0.5) is 5.69 Å². The van der Waals surface area contributed by atoms with Gasteiger partial charge < -0.3 is 25.0 Å². The van der Waals surface area contributed by atoms with E-state index >= 15 is 0 Å². The third-order valence-electron chi connectivity index (χ3n) is 6.84. The van der Waals surface area contributed by atoms with Crippen molar-refractivity contribution < 1.29 is 23.9 Å². The molecule has 3 aliphatic rings. The van der Waals surface area contributed by atoms with Gasteiger partial charge in [0.05, 0.1) is 23.7 Å². The number of halogens is 1. The summed E-state index contributed by atoms with van der Waals surface area (Å²) in [7, 11) is 0. The molecule has 0 aromatic heterocycles. The number of carbonyl (C=O) groups is 3. The van der Waals surface area contributed by atoms with E-state index in [4.69, 9.17) is 21.1 Å². The van der Waals surface area contributed by atoms with Crippen LogP contribution in [0.2, 0.25) is 5.02 Å². The fourth-order valence-corrected chi connectivity index (χ4v) is 5.02. The summed E-state index contributed by atoms with van der Waals surface area (Å²) in [4.78, 5) is 44.4. The Morgan fingerprint density at radius 1 is 1.00 bits per heavy atom. The fourth-order valence-electron chi connectivity index (χ4n) is 4.84. The highest BCUT2D eigenvalue weighted by Crippen LogP contribution is 2.33. The molecule has 0 saturated carbocycles. The first kappa shape index (κ1) is 25.3. The van der Waals surface area contributed by atoms with Gasteiger partial charge in [-0.15, -0.1) is 0 Å². The van der Waals surface area contributed by atoms with Crippen molar-refractivity contribution in [2.45, 2.75) is 19.0 Å². The van der Waals surface area contributed by atoms with Crippen LogP contribution >= 0.6 is 11.6 Å². The van der Waals surface area contributed by atoms with Gasteiger partial charge in [0.25, 0.3) is 0 Å². The van der Waals surface area contributed by atoms with Gasteiger partial charge in [0, 0.05) is 45.8 Å². The predicted molar refractivity (Wildman–Crippen MR) is 137 cm³/mol. The number of hydrogen-bond acceptors (Lipinski definition) is 7. The number of anilines is 1. The van der Waals surface area contributed by atoms with Crippen LogP contribution in [-0.4, -0.2) is 91.1 Å². The molecule has 3 amide bonds. The number of fused-ring (bicyclic) bond motifs is 1. The van der Waals surface area contributed by atoms with Gasteiger partial charge in [0.2, 0.25) is 24.5 Å². The lowest BCUT2D eigenvalue weighted by Crippen LogP contribution is -2.60. The summed E-state index contributed by atoms with van der Waals surface area (Å²) in [5.41, 5.74) is 1.63. The monoisotopic (exact) mass is 527 g/mol. The van der Waals surface area contributed by atoms with Crippen molar-refractivity contribution in [3.8, 4) is 11.5 Å². The molecule has 2 aromatic rings. The number of piperazine rings is 2. The van der Waals surface area contributed by atoms with Gasteiger partial charge in [-0.05, 0) is 29.8 Å². The van der Waals surface area contributed by atoms with Crippen LogP contribution in [-0.2, 0) is 20.9 Å². The summed E-state index contributed by atoms with van der Waals surface area (Å²) < 4.78 is 10.9. The smallest absolute Gasteiger partial charge is 0.243 e. The molecule has 2 aromatic carbocycles. The second-order valence-corrected chi connectivity index (χ2v) is 9.77. The lowest BCUT2D eigenvalue weighted by atomic mass is 10.1. The van der Waals surface area contributed by atoms with E-state index in [1.165, 1.54) is 4.90 Å². The molecule has 3 aliphatic heterocycles. The number of benzene rings is 2. The highest BCUT2D eigenvalue weighted by molar-refractivity contribution is 6.33. The molecular weight excluding hydrogens is 498 g/mol. The molecule has 0 spiro atoms. The van der Waals surface area contributed by atoms with E-state index in [2.05, 4.69) is 20.4 Å². The van der Waals surface area contributed by atoms with Gasteiger partial charge in [-0.1, -0.05) is 29.8 Å². The Morgan fingerprint density at radius 2 is 1.76 bits per heavy atom. The van der Waals surface area contributed by atoms with Crippen molar-refractivity contribution in [3.63, 3.8) is 0 Å². The normalized spacial score (nSPS) is 20.0. The summed E-state index contributed by atoms with van der Waals surface area (Å²) in [6.45, 7) is 5.16. The van der Waals surface area contributed by atoms with Gasteiger partial charge in [-0.25, -0.2) is 0 Å². The minimum absolute atomic E-state index is 0.133. The van der Waals surface area contributed by atoms with Gasteiger partial charge in [-0.2, -0.15) is 0 Å². The Morgan fingerprint density at radius 3 is 2.57 bits per heavy atom. The zero-order valence-corrected chi connectivity index (χ0v) is 21.2. The van der Waals surface area contributed by atoms with Crippen molar-refractivity contribution in [1.82, 2.24) is 20.0 Å². The van der Waals surface area contributed by atoms with Crippen LogP contribution in [0.5, 0.6) is 11.5 Å². The SMILES string of the molecule is O=C(CC1C(=O)NCCN1C(=O)CN1CCN(Cc2ccc3c(c2)OCO3)CC1)Nc1ccccc1Cl. The van der Waals surface area contributed by atoms with Crippen LogP contribution in [0.1, 0.15) is 12.0 Å². The molecule has 1 atom stereocenters. The second kappa shape index (κ2) is 11.4. The standard InChI is InChI=1S/C26H30ClN5O5/c27-19-3-1-2-4-20(19)29-24(33)14-21-26(35)28-7-8-32(21)25(34)16-31-11-9-30(10-12-31)15-18-5-6-22-23(13-18)37-17-36-22/h1-6,13,21H,7-12,14-17H2,(H,28,35)(H,29,33). The Kier molecular flexibility index (Phi) is 7.78. The van der Waals surface area contributed by atoms with Crippen LogP contribution < -0.4 is 20.1 Å². The second-order valence-electron chi connectivity index (χ2n) is 9.37. The van der Waals surface area contributed by atoms with Crippen molar-refractivity contribution in [3.05, 3.63) is 53.1 Å². The minimum atomic E-state index is -0.851. The number of nitrogens with one attached hydrogen (secondary N) is 2. The van der Waals surface area contributed by atoms with Crippen LogP contribution in [0, 0.1) is 0 Å². The number of nitrogens with zero attached hydrogens (tertiary/aromatic N) is 3. The average Bonchev–Trinajstić information content (AvgIpc) is 3.36. The molecule has 11 heteroatoms. The molecule has 2 fully saturated rings. The van der Waals surface area contributed by atoms with Crippen molar-refractivity contribution in [2.75, 3.05) is 57.9 Å². The Bertz CT molecular complexity index is 1170. The molecule has 196 valence electrons. The molecule has 3 heterocycles. The maximum Gasteiger partial charge on any atom is 0.243 e. The third kappa shape index (κ3) is 6.15. The maximum atomic E-state index is 13.2. The van der Waals surface area contributed by atoms with Crippen LogP contribution in [0.3, 0.4) is 0 Å². The maximum absolute atomic E-state index is 13.2. The van der Waals surface area contributed by atoms with Crippen molar-refractivity contribution in [1.29, 1.82) is 0 Å². The lowest BCUT2D eigenvalue weighted by Gasteiger charge is -2.38. The van der Waals surface area contributed by atoms with E-state index < -0.39 is 6.04 Å². The molecule has 0 bridgehead atoms. The number of carbonyl (C=O) groups excluding carboxylic acids is 3. The molecule has 2 N–H and O–H groups in total. The van der Waals surface area contributed by atoms with E-state index in [-0.39, 0.29) is 37.5 Å². The number of hydrogen-bond donors (Lipinski definition) is 2. The summed E-state index contributed by atoms with van der Waals surface area (Å²) in [6.07, 6.45) is -0.133. The molecule has 10 nitrogen and oxygen atoms in total. The summed E-state index contributed by atoms with van der Waals surface area (Å²) in [5.74, 6) is 0.725. The Labute approximate surface area is 220 Å². The van der Waals surface area contributed by atoms with E-state index in [9.17, 15) is 14.4 Å². The molecule has 2 saturated heterocycles. The van der Waals surface area contributed by atoms with Gasteiger partial charge in [0.15, 0.2) is 11.5 Å². The largest absolute Gasteiger partial charge is 0.454 e. The highest BCUT2D eigenvalue weighted by Gasteiger charge is 2.35. The first-order valence-corrected chi connectivity index (χ1v) is 12.8. The van der Waals surface area contributed by atoms with E-state index in [1.807, 2.05) is 18.2 Å². The van der Waals surface area contributed by atoms with E-state index in [1.54, 1.807) is 24.3 Å². The number of para-hydroxylation sites is 1. The van der Waals surface area contributed by atoms with E-state index in [0.29, 0.717) is 23.8 Å². The van der Waals surface area contributed by atoms with Crippen molar-refractivity contribution >= 4 is 35.0 Å². The summed E-state index contributed by atoms with van der Waals surface area (Å²) in [6, 6.07) is 12.0. The molecule has 0 radical (unpaired) electrons. The molecule has 37 heavy (non-hydrogen) atoms. The predicted octanol–water partition coefficient (Wildman–Crippen LogP) is 1.54. The van der Waals surface area contributed by atoms with Gasteiger partial charge in [0.1, 0.15) is 6.04 Å². The van der Waals surface area contributed by atoms with Gasteiger partial charge in [-0.3, -0.25) is 24.2 Å². The molecule has 1 unspecified atom stereocenters. The quantitative estimate of drug-likeness (QED) is 0.563. The fraction of sp³-hybridized carbons (Fsp3) is 0.423. The lowest BCUT2D eigenvalue weighted by molar-refractivity contribution is -0.145. The first-order chi connectivity index (χ1) is 18.0. The zero-order chi connectivity index (χ0) is 25.8. The molecular formula is C26H30ClN5O5. The summed E-state index contributed by atoms with van der Waals surface area (Å²) in [5, 5.41) is 5.92. The van der Waals surface area contributed by atoms with Crippen molar-refractivity contribution in [2.24, 2.45) is 0 Å². The molecule has 5 rings (SSSR count). The van der Waals surface area contributed by atoms with Crippen LogP contribution in [0.15, 0.2) is 42.5 Å². The number of amides is 3. The van der Waals surface area contributed by atoms with Crippen LogP contribution in [0.25, 0.3) is 0 Å². The van der Waals surface area contributed by atoms with Gasteiger partial charge >= 0.3 is 0 Å². The minimum Gasteiger partial charge on any atom is -0.454 e. The highest BCUT2D eigenvalue weighted by atomic mass is 35.5. The summed E-state index contributed by atoms with van der Waals surface area (Å²) >= 11 is 6.13. The molecule has 0 aliphatic carbocycles. The number of ether oxygens (including phenoxy) is 2. The zero-order valence-electron chi connectivity index (χ0n) is 20.5. The third-order valence-corrected chi connectivity index (χ3v) is 7.17.